The zero-order valence-electron chi connectivity index (χ0n) is 13.4. The standard InChI is InChI=1S/C18H21N3OS/c1-19-15-6-2-3-7-16(15)21(11-10-20-8-4-5-9-20)18(22)14-12-23-13-17(14)19/h2-3,6-7,12-13H,4-5,8-11H2,1H3. The minimum atomic E-state index is 0.122. The lowest BCUT2D eigenvalue weighted by Crippen LogP contribution is -2.37. The number of hydrogen-bond donors (Lipinski definition) is 0. The van der Waals surface area contributed by atoms with Gasteiger partial charge in [-0.1, -0.05) is 12.1 Å². The maximum atomic E-state index is 13.1. The maximum absolute atomic E-state index is 13.1. The quantitative estimate of drug-likeness (QED) is 0.862. The van der Waals surface area contributed by atoms with Crippen molar-refractivity contribution >= 4 is 34.3 Å². The molecule has 0 N–H and O–H groups in total. The number of hydrogen-bond acceptors (Lipinski definition) is 4. The van der Waals surface area contributed by atoms with Gasteiger partial charge in [0.25, 0.3) is 5.91 Å². The van der Waals surface area contributed by atoms with E-state index in [9.17, 15) is 4.79 Å². The van der Waals surface area contributed by atoms with Gasteiger partial charge in [0.1, 0.15) is 0 Å². The van der Waals surface area contributed by atoms with Crippen LogP contribution < -0.4 is 9.80 Å². The second-order valence-electron chi connectivity index (χ2n) is 6.22. The Morgan fingerprint density at radius 2 is 1.74 bits per heavy atom. The molecule has 4 rings (SSSR count). The van der Waals surface area contributed by atoms with E-state index >= 15 is 0 Å². The molecule has 1 aromatic carbocycles. The number of thiophene rings is 1. The summed E-state index contributed by atoms with van der Waals surface area (Å²) < 4.78 is 0. The first-order valence-electron chi connectivity index (χ1n) is 8.19. The van der Waals surface area contributed by atoms with Gasteiger partial charge in [-0.25, -0.2) is 0 Å². The van der Waals surface area contributed by atoms with Crippen LogP contribution in [0.5, 0.6) is 0 Å². The lowest BCUT2D eigenvalue weighted by Gasteiger charge is -2.26. The Labute approximate surface area is 140 Å². The van der Waals surface area contributed by atoms with Crippen molar-refractivity contribution in [3.05, 3.63) is 40.6 Å². The van der Waals surface area contributed by atoms with Crippen molar-refractivity contribution in [2.24, 2.45) is 0 Å². The van der Waals surface area contributed by atoms with Gasteiger partial charge >= 0.3 is 0 Å². The van der Waals surface area contributed by atoms with Crippen LogP contribution in [-0.4, -0.2) is 44.0 Å². The Balaban J connectivity index is 1.71. The van der Waals surface area contributed by atoms with E-state index in [-0.39, 0.29) is 5.91 Å². The first-order valence-corrected chi connectivity index (χ1v) is 9.13. The Morgan fingerprint density at radius 1 is 1.00 bits per heavy atom. The largest absolute Gasteiger partial charge is 0.342 e. The van der Waals surface area contributed by atoms with Crippen molar-refractivity contribution in [1.29, 1.82) is 0 Å². The van der Waals surface area contributed by atoms with Gasteiger partial charge in [-0.3, -0.25) is 4.79 Å². The number of amides is 1. The van der Waals surface area contributed by atoms with Gasteiger partial charge in [-0.05, 0) is 38.1 Å². The van der Waals surface area contributed by atoms with Crippen LogP contribution in [0.25, 0.3) is 0 Å². The summed E-state index contributed by atoms with van der Waals surface area (Å²) in [6.45, 7) is 4.02. The van der Waals surface area contributed by atoms with Crippen molar-refractivity contribution in [2.75, 3.05) is 43.0 Å². The minimum absolute atomic E-state index is 0.122. The van der Waals surface area contributed by atoms with Crippen molar-refractivity contribution < 1.29 is 4.79 Å². The number of para-hydroxylation sites is 2. The van der Waals surface area contributed by atoms with Crippen LogP contribution in [0.2, 0.25) is 0 Å². The molecule has 2 aromatic rings. The summed E-state index contributed by atoms with van der Waals surface area (Å²) in [6, 6.07) is 8.21. The van der Waals surface area contributed by atoms with Crippen molar-refractivity contribution in [3.8, 4) is 0 Å². The van der Waals surface area contributed by atoms with E-state index < -0.39 is 0 Å². The summed E-state index contributed by atoms with van der Waals surface area (Å²) in [7, 11) is 2.04. The molecular weight excluding hydrogens is 306 g/mol. The summed E-state index contributed by atoms with van der Waals surface area (Å²) in [5.41, 5.74) is 3.94. The third-order valence-corrected chi connectivity index (χ3v) is 5.58. The van der Waals surface area contributed by atoms with E-state index in [0.29, 0.717) is 0 Å². The molecule has 4 nitrogen and oxygen atoms in total. The molecule has 1 fully saturated rings. The molecule has 1 saturated heterocycles. The van der Waals surface area contributed by atoms with Crippen LogP contribution in [0, 0.1) is 0 Å². The monoisotopic (exact) mass is 327 g/mol. The molecule has 2 aliphatic rings. The Hall–Kier alpha value is -1.85. The first kappa shape index (κ1) is 14.7. The highest BCUT2D eigenvalue weighted by molar-refractivity contribution is 7.08. The fourth-order valence-electron chi connectivity index (χ4n) is 3.54. The van der Waals surface area contributed by atoms with E-state index in [1.165, 1.54) is 12.8 Å². The fourth-order valence-corrected chi connectivity index (χ4v) is 4.38. The van der Waals surface area contributed by atoms with Crippen LogP contribution in [0.3, 0.4) is 0 Å². The van der Waals surface area contributed by atoms with E-state index in [0.717, 1.165) is 48.8 Å². The van der Waals surface area contributed by atoms with E-state index in [1.807, 2.05) is 29.5 Å². The predicted octanol–water partition coefficient (Wildman–Crippen LogP) is 3.57. The van der Waals surface area contributed by atoms with E-state index in [2.05, 4.69) is 27.3 Å². The van der Waals surface area contributed by atoms with Crippen LogP contribution in [0.4, 0.5) is 17.1 Å². The Kier molecular flexibility index (Phi) is 3.83. The highest BCUT2D eigenvalue weighted by Gasteiger charge is 2.30. The second-order valence-corrected chi connectivity index (χ2v) is 6.97. The number of carbonyl (C=O) groups excluding carboxylic acids is 1. The highest BCUT2D eigenvalue weighted by atomic mass is 32.1. The van der Waals surface area contributed by atoms with Gasteiger partial charge < -0.3 is 14.7 Å². The third kappa shape index (κ3) is 2.54. The average molecular weight is 327 g/mol. The van der Waals surface area contributed by atoms with Gasteiger partial charge in [-0.15, -0.1) is 11.3 Å². The molecule has 2 aliphatic heterocycles. The first-order chi connectivity index (χ1) is 11.3. The molecule has 1 aromatic heterocycles. The number of rotatable bonds is 3. The Morgan fingerprint density at radius 3 is 2.52 bits per heavy atom. The molecule has 0 saturated carbocycles. The maximum Gasteiger partial charge on any atom is 0.261 e. The molecule has 5 heteroatoms. The zero-order chi connectivity index (χ0) is 15.8. The van der Waals surface area contributed by atoms with Gasteiger partial charge in [-0.2, -0.15) is 0 Å². The Bertz CT molecular complexity index is 721. The fraction of sp³-hybridized carbons (Fsp3) is 0.389. The molecule has 0 atom stereocenters. The molecule has 3 heterocycles. The number of benzene rings is 1. The van der Waals surface area contributed by atoms with Crippen LogP contribution in [0.15, 0.2) is 35.0 Å². The molecule has 23 heavy (non-hydrogen) atoms. The smallest absolute Gasteiger partial charge is 0.261 e. The molecule has 0 aliphatic carbocycles. The predicted molar refractivity (Wildman–Crippen MR) is 96.2 cm³/mol. The molecular formula is C18H21N3OS. The summed E-state index contributed by atoms with van der Waals surface area (Å²) >= 11 is 1.59. The molecule has 0 spiro atoms. The number of likely N-dealkylation sites (tertiary alicyclic amines) is 1. The molecule has 0 unspecified atom stereocenters. The number of nitrogens with zero attached hydrogens (tertiary/aromatic N) is 3. The lowest BCUT2D eigenvalue weighted by molar-refractivity contribution is 0.0986. The highest BCUT2D eigenvalue weighted by Crippen LogP contribution is 2.40. The number of carbonyl (C=O) groups is 1. The van der Waals surface area contributed by atoms with Crippen molar-refractivity contribution in [3.63, 3.8) is 0 Å². The van der Waals surface area contributed by atoms with Crippen LogP contribution in [-0.2, 0) is 0 Å². The van der Waals surface area contributed by atoms with Gasteiger partial charge in [0, 0.05) is 30.9 Å². The molecule has 0 radical (unpaired) electrons. The number of fused-ring (bicyclic) bond motifs is 2. The molecule has 0 bridgehead atoms. The minimum Gasteiger partial charge on any atom is -0.342 e. The molecule has 120 valence electrons. The SMILES string of the molecule is CN1c2cscc2C(=O)N(CCN2CCCC2)c2ccccc21. The lowest BCUT2D eigenvalue weighted by atomic mass is 10.2. The van der Waals surface area contributed by atoms with E-state index in [4.69, 9.17) is 0 Å². The summed E-state index contributed by atoms with van der Waals surface area (Å²) in [5, 5.41) is 4.04. The molecule has 1 amide bonds. The summed E-state index contributed by atoms with van der Waals surface area (Å²) in [5.74, 6) is 0.122. The van der Waals surface area contributed by atoms with Crippen molar-refractivity contribution in [2.45, 2.75) is 12.8 Å². The average Bonchev–Trinajstić information content (AvgIpc) is 3.24. The van der Waals surface area contributed by atoms with Gasteiger partial charge in [0.2, 0.25) is 0 Å². The summed E-state index contributed by atoms with van der Waals surface area (Å²) in [4.78, 5) is 19.7. The van der Waals surface area contributed by atoms with Crippen LogP contribution in [0.1, 0.15) is 23.2 Å². The summed E-state index contributed by atoms with van der Waals surface area (Å²) in [6.07, 6.45) is 2.56. The van der Waals surface area contributed by atoms with Crippen LogP contribution >= 0.6 is 11.3 Å². The normalized spacial score (nSPS) is 18.0. The zero-order valence-corrected chi connectivity index (χ0v) is 14.2. The second kappa shape index (κ2) is 5.98. The van der Waals surface area contributed by atoms with Crippen molar-refractivity contribution in [1.82, 2.24) is 4.90 Å². The van der Waals surface area contributed by atoms with Gasteiger partial charge in [0.15, 0.2) is 0 Å². The topological polar surface area (TPSA) is 26.8 Å². The van der Waals surface area contributed by atoms with Gasteiger partial charge in [0.05, 0.1) is 22.6 Å². The third-order valence-electron chi connectivity index (χ3n) is 4.85. The van der Waals surface area contributed by atoms with E-state index in [1.54, 1.807) is 11.3 Å². The number of anilines is 3.